The predicted octanol–water partition coefficient (Wildman–Crippen LogP) is 1.14. The molecule has 2 unspecified atom stereocenters. The fraction of sp³-hybridized carbons (Fsp3) is 1.00. The summed E-state index contributed by atoms with van der Waals surface area (Å²) < 4.78 is 0. The fourth-order valence-corrected chi connectivity index (χ4v) is 4.28. The number of piperidine rings is 2. The van der Waals surface area contributed by atoms with Crippen molar-refractivity contribution in [2.24, 2.45) is 17.6 Å². The lowest BCUT2D eigenvalue weighted by Crippen LogP contribution is -2.63. The molecular weight excluding hydrogens is 210 g/mol. The van der Waals surface area contributed by atoms with E-state index < -0.39 is 0 Å². The topological polar surface area (TPSA) is 32.5 Å². The molecule has 0 aromatic rings. The highest BCUT2D eigenvalue weighted by molar-refractivity contribution is 4.97. The van der Waals surface area contributed by atoms with Gasteiger partial charge in [0.05, 0.1) is 0 Å². The van der Waals surface area contributed by atoms with E-state index in [1.165, 1.54) is 58.3 Å². The summed E-state index contributed by atoms with van der Waals surface area (Å²) in [5.41, 5.74) is 6.38. The Kier molecular flexibility index (Phi) is 3.42. The molecule has 98 valence electrons. The number of nitrogens with zero attached hydrogens (tertiary/aromatic N) is 2. The molecule has 3 heteroatoms. The Hall–Kier alpha value is -0.120. The van der Waals surface area contributed by atoms with Gasteiger partial charge in [0.25, 0.3) is 0 Å². The van der Waals surface area contributed by atoms with Crippen molar-refractivity contribution in [2.45, 2.75) is 44.2 Å². The van der Waals surface area contributed by atoms with Crippen LogP contribution in [-0.4, -0.2) is 55.1 Å². The van der Waals surface area contributed by atoms with Crippen LogP contribution in [0.4, 0.5) is 0 Å². The van der Waals surface area contributed by atoms with Crippen LogP contribution in [0.5, 0.6) is 0 Å². The first kappa shape index (κ1) is 11.9. The number of hydrogen-bond acceptors (Lipinski definition) is 3. The van der Waals surface area contributed by atoms with Crippen molar-refractivity contribution in [2.75, 3.05) is 33.2 Å². The molecule has 2 bridgehead atoms. The van der Waals surface area contributed by atoms with Crippen LogP contribution in [0, 0.1) is 11.8 Å². The largest absolute Gasteiger partial charge is 0.327 e. The monoisotopic (exact) mass is 237 g/mol. The van der Waals surface area contributed by atoms with E-state index in [1.54, 1.807) is 0 Å². The normalized spacial score (nSPS) is 41.6. The molecule has 0 spiro atoms. The predicted molar refractivity (Wildman–Crippen MR) is 70.9 cm³/mol. The van der Waals surface area contributed by atoms with Crippen LogP contribution in [0.25, 0.3) is 0 Å². The zero-order valence-corrected chi connectivity index (χ0v) is 11.1. The minimum Gasteiger partial charge on any atom is -0.327 e. The third-order valence-electron chi connectivity index (χ3n) is 5.21. The third kappa shape index (κ3) is 2.38. The lowest BCUT2D eigenvalue weighted by Gasteiger charge is -2.51. The molecule has 0 aromatic carbocycles. The molecule has 2 N–H and O–H groups in total. The first-order valence-corrected chi connectivity index (χ1v) is 7.42. The van der Waals surface area contributed by atoms with Gasteiger partial charge >= 0.3 is 0 Å². The van der Waals surface area contributed by atoms with Crippen molar-refractivity contribution in [1.82, 2.24) is 9.80 Å². The van der Waals surface area contributed by atoms with Crippen molar-refractivity contribution in [1.29, 1.82) is 0 Å². The molecule has 3 fully saturated rings. The van der Waals surface area contributed by atoms with E-state index >= 15 is 0 Å². The Morgan fingerprint density at radius 1 is 0.882 bits per heavy atom. The van der Waals surface area contributed by atoms with Gasteiger partial charge in [0.1, 0.15) is 0 Å². The van der Waals surface area contributed by atoms with E-state index in [4.69, 9.17) is 5.73 Å². The highest BCUT2D eigenvalue weighted by atomic mass is 15.2. The van der Waals surface area contributed by atoms with Crippen molar-refractivity contribution in [3.05, 3.63) is 0 Å². The van der Waals surface area contributed by atoms with Crippen LogP contribution < -0.4 is 5.73 Å². The second-order valence-electron chi connectivity index (χ2n) is 6.56. The first-order chi connectivity index (χ1) is 8.24. The van der Waals surface area contributed by atoms with Crippen molar-refractivity contribution in [3.8, 4) is 0 Å². The molecule has 0 amide bonds. The molecule has 1 aliphatic carbocycles. The summed E-state index contributed by atoms with van der Waals surface area (Å²) in [5, 5.41) is 0. The van der Waals surface area contributed by atoms with Crippen molar-refractivity contribution >= 4 is 0 Å². The smallest absolute Gasteiger partial charge is 0.0145 e. The fourth-order valence-electron chi connectivity index (χ4n) is 4.28. The molecule has 3 nitrogen and oxygen atoms in total. The van der Waals surface area contributed by atoms with E-state index in [1.807, 2.05) is 0 Å². The van der Waals surface area contributed by atoms with Crippen LogP contribution in [0.1, 0.15) is 32.1 Å². The van der Waals surface area contributed by atoms with Gasteiger partial charge in [-0.25, -0.2) is 0 Å². The Morgan fingerprint density at radius 3 is 2.06 bits per heavy atom. The summed E-state index contributed by atoms with van der Waals surface area (Å²) in [4.78, 5) is 5.27. The summed E-state index contributed by atoms with van der Waals surface area (Å²) in [7, 11) is 2.25. The molecule has 2 aliphatic heterocycles. The quantitative estimate of drug-likeness (QED) is 0.742. The minimum atomic E-state index is 0.464. The van der Waals surface area contributed by atoms with Crippen molar-refractivity contribution in [3.63, 3.8) is 0 Å². The number of rotatable bonds is 1. The number of nitrogens with two attached hydrogens (primary N) is 1. The number of likely N-dealkylation sites (tertiary alicyclic amines) is 2. The van der Waals surface area contributed by atoms with E-state index in [-0.39, 0.29) is 0 Å². The highest BCUT2D eigenvalue weighted by Gasteiger charge is 2.41. The number of hydrogen-bond donors (Lipinski definition) is 1. The molecule has 0 aromatic heterocycles. The maximum Gasteiger partial charge on any atom is 0.0145 e. The Labute approximate surface area is 105 Å². The molecule has 2 saturated heterocycles. The Morgan fingerprint density at radius 2 is 1.47 bits per heavy atom. The van der Waals surface area contributed by atoms with Gasteiger partial charge in [-0.1, -0.05) is 19.3 Å². The average molecular weight is 237 g/mol. The molecule has 3 rings (SSSR count). The molecule has 17 heavy (non-hydrogen) atoms. The Balaban J connectivity index is 1.65. The van der Waals surface area contributed by atoms with E-state index in [0.717, 1.165) is 17.9 Å². The van der Waals surface area contributed by atoms with Gasteiger partial charge in [0.15, 0.2) is 0 Å². The average Bonchev–Trinajstić information content (AvgIpc) is 2.32. The standard InChI is InChI=1S/C14H27N3/c1-16-7-11-9-17(10-12(8-16)14(11)15)13-5-3-2-4-6-13/h11-14H,2-10,15H2,1H3. The zero-order valence-electron chi connectivity index (χ0n) is 11.1. The van der Waals surface area contributed by atoms with E-state index in [0.29, 0.717) is 6.04 Å². The van der Waals surface area contributed by atoms with Gasteiger partial charge in [-0.2, -0.15) is 0 Å². The van der Waals surface area contributed by atoms with Gasteiger partial charge in [-0.15, -0.1) is 0 Å². The van der Waals surface area contributed by atoms with Gasteiger partial charge in [0, 0.05) is 38.3 Å². The first-order valence-electron chi connectivity index (χ1n) is 7.42. The maximum absolute atomic E-state index is 6.38. The SMILES string of the molecule is CN1CC2CN(C3CCCCC3)CC(C1)C2N. The molecule has 0 radical (unpaired) electrons. The van der Waals surface area contributed by atoms with Crippen LogP contribution >= 0.6 is 0 Å². The molecule has 3 aliphatic rings. The van der Waals surface area contributed by atoms with Crippen molar-refractivity contribution < 1.29 is 0 Å². The van der Waals surface area contributed by atoms with Crippen LogP contribution in [0.3, 0.4) is 0 Å². The summed E-state index contributed by atoms with van der Waals surface area (Å²) in [6, 6.07) is 1.34. The van der Waals surface area contributed by atoms with Crippen LogP contribution in [0.2, 0.25) is 0 Å². The maximum atomic E-state index is 6.38. The van der Waals surface area contributed by atoms with Gasteiger partial charge in [0.2, 0.25) is 0 Å². The summed E-state index contributed by atoms with van der Waals surface area (Å²) in [5.74, 6) is 1.43. The Bertz CT molecular complexity index is 246. The lowest BCUT2D eigenvalue weighted by atomic mass is 9.78. The van der Waals surface area contributed by atoms with E-state index in [9.17, 15) is 0 Å². The second kappa shape index (κ2) is 4.87. The molecule has 1 saturated carbocycles. The van der Waals surface area contributed by atoms with Gasteiger partial charge in [-0.05, 0) is 31.7 Å². The zero-order chi connectivity index (χ0) is 11.8. The molecule has 2 heterocycles. The van der Waals surface area contributed by atoms with Crippen LogP contribution in [-0.2, 0) is 0 Å². The highest BCUT2D eigenvalue weighted by Crippen LogP contribution is 2.32. The lowest BCUT2D eigenvalue weighted by molar-refractivity contribution is -0.00426. The van der Waals surface area contributed by atoms with Gasteiger partial charge < -0.3 is 10.6 Å². The van der Waals surface area contributed by atoms with E-state index in [2.05, 4.69) is 16.8 Å². The second-order valence-corrected chi connectivity index (χ2v) is 6.56. The molecule has 2 atom stereocenters. The minimum absolute atomic E-state index is 0.464. The third-order valence-corrected chi connectivity index (χ3v) is 5.21. The molecular formula is C14H27N3. The van der Waals surface area contributed by atoms with Gasteiger partial charge in [-0.3, -0.25) is 4.90 Å². The summed E-state index contributed by atoms with van der Waals surface area (Å²) in [6.07, 6.45) is 7.22. The number of fused-ring (bicyclic) bond motifs is 2. The summed E-state index contributed by atoms with van der Waals surface area (Å²) >= 11 is 0. The van der Waals surface area contributed by atoms with Crippen LogP contribution in [0.15, 0.2) is 0 Å². The summed E-state index contributed by atoms with van der Waals surface area (Å²) in [6.45, 7) is 4.93.